The van der Waals surface area contributed by atoms with Gasteiger partial charge in [0.05, 0.1) is 6.21 Å². The fraction of sp³-hybridized carbons (Fsp3) is 0.167. The smallest absolute Gasteiger partial charge is 0.240 e. The molecule has 0 aliphatic rings. The Morgan fingerprint density at radius 3 is 2.46 bits per heavy atom. The lowest BCUT2D eigenvalue weighted by Crippen LogP contribution is -2.20. The zero-order valence-electron chi connectivity index (χ0n) is 13.3. The molecule has 124 valence electrons. The van der Waals surface area contributed by atoms with Gasteiger partial charge < -0.3 is 5.32 Å². The molecule has 24 heavy (non-hydrogen) atoms. The third-order valence-corrected chi connectivity index (χ3v) is 3.64. The van der Waals surface area contributed by atoms with E-state index in [2.05, 4.69) is 15.8 Å². The molecule has 2 rings (SSSR count). The van der Waals surface area contributed by atoms with Crippen LogP contribution in [0.1, 0.15) is 24.0 Å². The second-order valence-corrected chi connectivity index (χ2v) is 5.58. The fourth-order valence-electron chi connectivity index (χ4n) is 1.96. The third-order valence-electron chi connectivity index (χ3n) is 3.30. The molecule has 0 spiro atoms. The number of halogens is 1. The van der Waals surface area contributed by atoms with Gasteiger partial charge >= 0.3 is 0 Å². The van der Waals surface area contributed by atoms with Crippen molar-refractivity contribution in [3.05, 3.63) is 64.7 Å². The number of nitrogens with one attached hydrogen (secondary N) is 2. The van der Waals surface area contributed by atoms with E-state index in [1.54, 1.807) is 12.1 Å². The predicted octanol–water partition coefficient (Wildman–Crippen LogP) is 3.52. The highest BCUT2D eigenvalue weighted by atomic mass is 35.5. The van der Waals surface area contributed by atoms with Gasteiger partial charge in [0.2, 0.25) is 11.8 Å². The van der Waals surface area contributed by atoms with Crippen molar-refractivity contribution in [1.29, 1.82) is 0 Å². The van der Waals surface area contributed by atoms with Crippen molar-refractivity contribution in [2.24, 2.45) is 5.10 Å². The number of carbonyl (C=O) groups excluding carboxylic acids is 2. The Bertz CT molecular complexity index is 759. The number of nitrogens with zero attached hydrogens (tertiary/aromatic N) is 1. The summed E-state index contributed by atoms with van der Waals surface area (Å²) in [7, 11) is 0. The average Bonchev–Trinajstić information content (AvgIpc) is 2.57. The van der Waals surface area contributed by atoms with E-state index in [4.69, 9.17) is 11.6 Å². The molecule has 0 aliphatic heterocycles. The molecular weight excluding hydrogens is 326 g/mol. The number of benzene rings is 2. The van der Waals surface area contributed by atoms with Crippen molar-refractivity contribution in [2.45, 2.75) is 19.8 Å². The second kappa shape index (κ2) is 8.84. The molecule has 2 N–H and O–H groups in total. The molecule has 2 amide bonds. The summed E-state index contributed by atoms with van der Waals surface area (Å²) < 4.78 is 0. The predicted molar refractivity (Wildman–Crippen MR) is 96.2 cm³/mol. The van der Waals surface area contributed by atoms with Crippen molar-refractivity contribution in [3.8, 4) is 0 Å². The van der Waals surface area contributed by atoms with Crippen LogP contribution in [0.4, 0.5) is 5.69 Å². The zero-order valence-corrected chi connectivity index (χ0v) is 14.0. The molecule has 6 heteroatoms. The average molecular weight is 344 g/mol. The lowest BCUT2D eigenvalue weighted by atomic mass is 10.2. The van der Waals surface area contributed by atoms with E-state index in [1.807, 2.05) is 43.3 Å². The standard InChI is InChI=1S/C18H18ClN3O2/c1-13-6-2-5-9-16(13)21-17(23)10-11-18(24)22-20-12-14-7-3-4-8-15(14)19/h2-9,12H,10-11H2,1H3,(H,21,23)(H,22,24)/b20-12+. The first kappa shape index (κ1) is 17.7. The minimum atomic E-state index is -0.335. The monoisotopic (exact) mass is 343 g/mol. The molecule has 5 nitrogen and oxygen atoms in total. The van der Waals surface area contributed by atoms with Gasteiger partial charge in [0.15, 0.2) is 0 Å². The Balaban J connectivity index is 1.76. The molecule has 0 aromatic heterocycles. The summed E-state index contributed by atoms with van der Waals surface area (Å²) >= 11 is 5.98. The third kappa shape index (κ3) is 5.52. The number of hydrogen-bond acceptors (Lipinski definition) is 3. The van der Waals surface area contributed by atoms with Crippen LogP contribution >= 0.6 is 11.6 Å². The van der Waals surface area contributed by atoms with Gasteiger partial charge in [-0.05, 0) is 24.6 Å². The van der Waals surface area contributed by atoms with Gasteiger partial charge in [0.25, 0.3) is 0 Å². The first-order chi connectivity index (χ1) is 11.6. The van der Waals surface area contributed by atoms with E-state index in [9.17, 15) is 9.59 Å². The van der Waals surface area contributed by atoms with Gasteiger partial charge in [-0.15, -0.1) is 0 Å². The Hall–Kier alpha value is -2.66. The van der Waals surface area contributed by atoms with Crippen LogP contribution in [0.15, 0.2) is 53.6 Å². The number of para-hydroxylation sites is 1. The molecular formula is C18H18ClN3O2. The molecule has 0 bridgehead atoms. The summed E-state index contributed by atoms with van der Waals surface area (Å²) in [6.07, 6.45) is 1.60. The SMILES string of the molecule is Cc1ccccc1NC(=O)CCC(=O)N/N=C/c1ccccc1Cl. The highest BCUT2D eigenvalue weighted by Crippen LogP contribution is 2.14. The van der Waals surface area contributed by atoms with E-state index in [-0.39, 0.29) is 24.7 Å². The highest BCUT2D eigenvalue weighted by Gasteiger charge is 2.07. The Labute approximate surface area is 145 Å². The van der Waals surface area contributed by atoms with Crippen LogP contribution in [0.5, 0.6) is 0 Å². The molecule has 2 aromatic rings. The second-order valence-electron chi connectivity index (χ2n) is 5.18. The number of hydrogen-bond donors (Lipinski definition) is 2. The molecule has 0 aliphatic carbocycles. The summed E-state index contributed by atoms with van der Waals surface area (Å²) in [6.45, 7) is 1.91. The topological polar surface area (TPSA) is 70.6 Å². The largest absolute Gasteiger partial charge is 0.326 e. The number of rotatable bonds is 6. The minimum absolute atomic E-state index is 0.0532. The van der Waals surface area contributed by atoms with Crippen LogP contribution in [0.25, 0.3) is 0 Å². The van der Waals surface area contributed by atoms with Crippen molar-refractivity contribution < 1.29 is 9.59 Å². The van der Waals surface area contributed by atoms with Crippen molar-refractivity contribution in [3.63, 3.8) is 0 Å². The lowest BCUT2D eigenvalue weighted by Gasteiger charge is -2.07. The molecule has 0 fully saturated rings. The lowest BCUT2D eigenvalue weighted by molar-refractivity contribution is -0.124. The van der Waals surface area contributed by atoms with Crippen molar-refractivity contribution in [1.82, 2.24) is 5.43 Å². The van der Waals surface area contributed by atoms with Gasteiger partial charge in [-0.25, -0.2) is 5.43 Å². The van der Waals surface area contributed by atoms with E-state index < -0.39 is 0 Å². The first-order valence-electron chi connectivity index (χ1n) is 7.48. The number of amides is 2. The van der Waals surface area contributed by atoms with Gasteiger partial charge in [-0.2, -0.15) is 5.10 Å². The van der Waals surface area contributed by atoms with Crippen molar-refractivity contribution >= 4 is 35.3 Å². The summed E-state index contributed by atoms with van der Waals surface area (Å²) in [5.74, 6) is -0.548. The van der Waals surface area contributed by atoms with Crippen LogP contribution < -0.4 is 10.7 Å². The van der Waals surface area contributed by atoms with E-state index in [1.165, 1.54) is 6.21 Å². The minimum Gasteiger partial charge on any atom is -0.326 e. The van der Waals surface area contributed by atoms with E-state index in [0.29, 0.717) is 10.6 Å². The maximum absolute atomic E-state index is 11.9. The van der Waals surface area contributed by atoms with E-state index in [0.717, 1.165) is 11.3 Å². The Kier molecular flexibility index (Phi) is 6.51. The van der Waals surface area contributed by atoms with Gasteiger partial charge in [-0.3, -0.25) is 9.59 Å². The van der Waals surface area contributed by atoms with Crippen LogP contribution in [0.2, 0.25) is 5.02 Å². The summed E-state index contributed by atoms with van der Waals surface area (Å²) in [5, 5.41) is 7.17. The first-order valence-corrected chi connectivity index (χ1v) is 7.86. The van der Waals surface area contributed by atoms with Crippen LogP contribution in [-0.2, 0) is 9.59 Å². The number of aryl methyl sites for hydroxylation is 1. The normalized spacial score (nSPS) is 10.6. The van der Waals surface area contributed by atoms with Crippen molar-refractivity contribution in [2.75, 3.05) is 5.32 Å². The number of anilines is 1. The molecule has 0 heterocycles. The highest BCUT2D eigenvalue weighted by molar-refractivity contribution is 6.33. The molecule has 0 saturated heterocycles. The molecule has 0 unspecified atom stereocenters. The van der Waals surface area contributed by atoms with Gasteiger partial charge in [-0.1, -0.05) is 48.0 Å². The van der Waals surface area contributed by atoms with Crippen LogP contribution in [-0.4, -0.2) is 18.0 Å². The van der Waals surface area contributed by atoms with Gasteiger partial charge in [0.1, 0.15) is 0 Å². The Morgan fingerprint density at radius 2 is 1.71 bits per heavy atom. The van der Waals surface area contributed by atoms with Gasteiger partial charge in [0, 0.05) is 29.1 Å². The molecule has 2 aromatic carbocycles. The quantitative estimate of drug-likeness (QED) is 0.622. The molecule has 0 radical (unpaired) electrons. The molecule has 0 saturated carbocycles. The maximum atomic E-state index is 11.9. The molecule has 0 atom stereocenters. The summed E-state index contributed by atoms with van der Waals surface area (Å²) in [4.78, 5) is 23.6. The zero-order chi connectivity index (χ0) is 17.4. The summed E-state index contributed by atoms with van der Waals surface area (Å²) in [6, 6.07) is 14.6. The summed E-state index contributed by atoms with van der Waals surface area (Å²) in [5.41, 5.74) is 4.81. The maximum Gasteiger partial charge on any atom is 0.240 e. The van der Waals surface area contributed by atoms with Crippen LogP contribution in [0, 0.1) is 6.92 Å². The fourth-order valence-corrected chi connectivity index (χ4v) is 2.15. The number of carbonyl (C=O) groups is 2. The Morgan fingerprint density at radius 1 is 1.04 bits per heavy atom. The van der Waals surface area contributed by atoms with Crippen LogP contribution in [0.3, 0.4) is 0 Å². The number of hydrazone groups is 1. The van der Waals surface area contributed by atoms with E-state index >= 15 is 0 Å².